The number of rotatable bonds is 2. The molecule has 4 rings (SSSR count). The number of amides is 1. The summed E-state index contributed by atoms with van der Waals surface area (Å²) in [7, 11) is 0. The summed E-state index contributed by atoms with van der Waals surface area (Å²) >= 11 is 0. The van der Waals surface area contributed by atoms with Crippen LogP contribution in [0, 0.1) is 0 Å². The Morgan fingerprint density at radius 3 is 2.81 bits per heavy atom. The molecule has 0 aliphatic carbocycles. The van der Waals surface area contributed by atoms with Gasteiger partial charge in [0.2, 0.25) is 5.91 Å². The molecule has 2 aromatic heterocycles. The number of halogens is 4. The van der Waals surface area contributed by atoms with Gasteiger partial charge in [0, 0.05) is 31.6 Å². The predicted molar refractivity (Wildman–Crippen MR) is 97.4 cm³/mol. The van der Waals surface area contributed by atoms with Gasteiger partial charge in [-0.15, -0.1) is 35.0 Å². The van der Waals surface area contributed by atoms with Crippen molar-refractivity contribution in [1.29, 1.82) is 0 Å². The number of alkyl halides is 2. The third-order valence-electron chi connectivity index (χ3n) is 4.85. The van der Waals surface area contributed by atoms with Crippen LogP contribution in [0.2, 0.25) is 0 Å². The van der Waals surface area contributed by atoms with Gasteiger partial charge in [-0.25, -0.2) is 8.78 Å². The topological polar surface area (TPSA) is 62.5 Å². The second-order valence-corrected chi connectivity index (χ2v) is 6.60. The van der Waals surface area contributed by atoms with Crippen LogP contribution < -0.4 is 5.32 Å². The van der Waals surface area contributed by atoms with E-state index < -0.39 is 24.9 Å². The first-order valence-electron chi connectivity index (χ1n) is 8.23. The molecule has 6 nitrogen and oxygen atoms in total. The molecule has 1 amide bonds. The lowest BCUT2D eigenvalue weighted by molar-refractivity contribution is -0.135. The molecule has 26 heavy (non-hydrogen) atoms. The zero-order valence-electron chi connectivity index (χ0n) is 14.0. The largest absolute Gasteiger partial charge is 0.341 e. The van der Waals surface area contributed by atoms with Gasteiger partial charge in [0.15, 0.2) is 5.65 Å². The Morgan fingerprint density at radius 1 is 1.27 bits per heavy atom. The average Bonchev–Trinajstić information content (AvgIpc) is 3.17. The summed E-state index contributed by atoms with van der Waals surface area (Å²) in [5, 5.41) is 11.1. The van der Waals surface area contributed by atoms with E-state index in [2.05, 4.69) is 15.5 Å². The van der Waals surface area contributed by atoms with Crippen molar-refractivity contribution in [1.82, 2.24) is 24.8 Å². The van der Waals surface area contributed by atoms with Gasteiger partial charge in [-0.2, -0.15) is 0 Å². The van der Waals surface area contributed by atoms with Crippen LogP contribution in [0.4, 0.5) is 8.78 Å². The van der Waals surface area contributed by atoms with E-state index in [4.69, 9.17) is 0 Å². The number of carbonyl (C=O) groups is 1. The number of carbonyl (C=O) groups excluding carboxylic acids is 1. The van der Waals surface area contributed by atoms with Gasteiger partial charge in [0.1, 0.15) is 5.82 Å². The lowest BCUT2D eigenvalue weighted by Crippen LogP contribution is -2.47. The standard InChI is InChI=1S/C16H19F2N5O.2ClH/c17-16(18)8-12(19-10-16)15(24)22-6-3-4-11(9-22)14-21-20-13-5-1-2-7-23(13)14;;/h1-2,5,7,11-12,19H,3-4,6,8-10H2;2*1H. The molecule has 0 spiro atoms. The lowest BCUT2D eigenvalue weighted by atomic mass is 9.96. The molecular weight excluding hydrogens is 387 g/mol. The van der Waals surface area contributed by atoms with Crippen molar-refractivity contribution in [2.24, 2.45) is 0 Å². The summed E-state index contributed by atoms with van der Waals surface area (Å²) < 4.78 is 28.6. The molecule has 4 heterocycles. The van der Waals surface area contributed by atoms with Crippen molar-refractivity contribution in [3.8, 4) is 0 Å². The van der Waals surface area contributed by atoms with Crippen molar-refractivity contribution in [2.45, 2.75) is 37.1 Å². The number of likely N-dealkylation sites (tertiary alicyclic amines) is 1. The van der Waals surface area contributed by atoms with Crippen LogP contribution in [0.5, 0.6) is 0 Å². The molecule has 144 valence electrons. The van der Waals surface area contributed by atoms with Crippen LogP contribution in [0.25, 0.3) is 5.65 Å². The fraction of sp³-hybridized carbons (Fsp3) is 0.562. The quantitative estimate of drug-likeness (QED) is 0.829. The van der Waals surface area contributed by atoms with E-state index in [1.54, 1.807) is 4.90 Å². The predicted octanol–water partition coefficient (Wildman–Crippen LogP) is 2.28. The molecule has 2 unspecified atom stereocenters. The molecule has 0 saturated carbocycles. The number of nitrogens with zero attached hydrogens (tertiary/aromatic N) is 4. The zero-order valence-corrected chi connectivity index (χ0v) is 15.6. The smallest absolute Gasteiger partial charge is 0.262 e. The van der Waals surface area contributed by atoms with Crippen LogP contribution in [0.1, 0.15) is 31.0 Å². The maximum Gasteiger partial charge on any atom is 0.262 e. The molecule has 2 atom stereocenters. The van der Waals surface area contributed by atoms with E-state index in [0.29, 0.717) is 13.1 Å². The summed E-state index contributed by atoms with van der Waals surface area (Å²) in [4.78, 5) is 14.2. The summed E-state index contributed by atoms with van der Waals surface area (Å²) in [5.74, 6) is -2.13. The van der Waals surface area contributed by atoms with E-state index in [9.17, 15) is 13.6 Å². The maximum absolute atomic E-state index is 13.3. The normalized spacial score (nSPS) is 24.8. The molecule has 1 N–H and O–H groups in total. The Kier molecular flexibility index (Phi) is 6.42. The summed E-state index contributed by atoms with van der Waals surface area (Å²) in [6.07, 6.45) is 3.24. The first kappa shape index (κ1) is 20.8. The van der Waals surface area contributed by atoms with E-state index in [-0.39, 0.29) is 36.6 Å². The Morgan fingerprint density at radius 2 is 2.08 bits per heavy atom. The molecule has 2 fully saturated rings. The second-order valence-electron chi connectivity index (χ2n) is 6.60. The number of hydrogen-bond donors (Lipinski definition) is 1. The van der Waals surface area contributed by atoms with Crippen molar-refractivity contribution in [2.75, 3.05) is 19.6 Å². The number of piperidine rings is 1. The SMILES string of the molecule is Cl.Cl.O=C(C1CC(F)(F)CN1)N1CCCC(c2nnc3ccccn23)C1. The molecular formula is C16H21Cl2F2N5O. The molecule has 0 radical (unpaired) electrons. The van der Waals surface area contributed by atoms with Gasteiger partial charge in [-0.05, 0) is 25.0 Å². The number of fused-ring (bicyclic) bond motifs is 1. The minimum absolute atomic E-state index is 0. The third kappa shape index (κ3) is 3.92. The molecule has 2 aliphatic heterocycles. The number of nitrogens with one attached hydrogen (secondary N) is 1. The van der Waals surface area contributed by atoms with Crippen LogP contribution in [-0.2, 0) is 4.79 Å². The Balaban J connectivity index is 0.00000121. The van der Waals surface area contributed by atoms with E-state index in [1.807, 2.05) is 28.8 Å². The average molecular weight is 408 g/mol. The van der Waals surface area contributed by atoms with Crippen LogP contribution in [-0.4, -0.2) is 57.0 Å². The molecule has 0 bridgehead atoms. The highest BCUT2D eigenvalue weighted by molar-refractivity contribution is 5.85. The van der Waals surface area contributed by atoms with Gasteiger partial charge < -0.3 is 4.90 Å². The van der Waals surface area contributed by atoms with Crippen LogP contribution >= 0.6 is 24.8 Å². The van der Waals surface area contributed by atoms with Crippen LogP contribution in [0.15, 0.2) is 24.4 Å². The minimum Gasteiger partial charge on any atom is -0.341 e. The first-order chi connectivity index (χ1) is 11.5. The van der Waals surface area contributed by atoms with Gasteiger partial charge in [0.25, 0.3) is 5.92 Å². The van der Waals surface area contributed by atoms with Gasteiger partial charge in [0.05, 0.1) is 12.6 Å². The second kappa shape index (κ2) is 8.02. The highest BCUT2D eigenvalue weighted by Crippen LogP contribution is 2.29. The Hall–Kier alpha value is -1.51. The molecule has 0 aromatic carbocycles. The van der Waals surface area contributed by atoms with Crippen LogP contribution in [0.3, 0.4) is 0 Å². The molecule has 2 saturated heterocycles. The Bertz CT molecular complexity index is 772. The van der Waals surface area contributed by atoms with E-state index >= 15 is 0 Å². The summed E-state index contributed by atoms with van der Waals surface area (Å²) in [5.41, 5.74) is 0.771. The Labute approximate surface area is 162 Å². The number of pyridine rings is 1. The monoisotopic (exact) mass is 407 g/mol. The van der Waals surface area contributed by atoms with E-state index in [1.165, 1.54) is 0 Å². The van der Waals surface area contributed by atoms with Gasteiger partial charge in [-0.1, -0.05) is 6.07 Å². The minimum atomic E-state index is -2.79. The fourth-order valence-corrected chi connectivity index (χ4v) is 3.64. The third-order valence-corrected chi connectivity index (χ3v) is 4.85. The zero-order chi connectivity index (χ0) is 16.7. The van der Waals surface area contributed by atoms with Crippen molar-refractivity contribution < 1.29 is 13.6 Å². The number of hydrogen-bond acceptors (Lipinski definition) is 4. The van der Waals surface area contributed by atoms with E-state index in [0.717, 1.165) is 24.3 Å². The molecule has 2 aliphatic rings. The first-order valence-corrected chi connectivity index (χ1v) is 8.23. The molecule has 2 aromatic rings. The van der Waals surface area contributed by atoms with Crippen molar-refractivity contribution in [3.05, 3.63) is 30.2 Å². The maximum atomic E-state index is 13.3. The summed E-state index contributed by atoms with van der Waals surface area (Å²) in [6.45, 7) is 0.684. The molecule has 10 heteroatoms. The lowest BCUT2D eigenvalue weighted by Gasteiger charge is -2.33. The van der Waals surface area contributed by atoms with Crippen molar-refractivity contribution in [3.63, 3.8) is 0 Å². The van der Waals surface area contributed by atoms with Crippen molar-refractivity contribution >= 4 is 36.4 Å². The summed E-state index contributed by atoms with van der Waals surface area (Å²) in [6, 6.07) is 4.91. The highest BCUT2D eigenvalue weighted by Gasteiger charge is 2.44. The fourth-order valence-electron chi connectivity index (χ4n) is 3.64. The number of aromatic nitrogens is 3. The highest BCUT2D eigenvalue weighted by atomic mass is 35.5. The van der Waals surface area contributed by atoms with Gasteiger partial charge >= 0.3 is 0 Å². The van der Waals surface area contributed by atoms with Gasteiger partial charge in [-0.3, -0.25) is 14.5 Å².